The third-order valence-electron chi connectivity index (χ3n) is 8.57. The van der Waals surface area contributed by atoms with Crippen molar-refractivity contribution in [3.63, 3.8) is 0 Å². The van der Waals surface area contributed by atoms with E-state index in [9.17, 15) is 4.79 Å². The van der Waals surface area contributed by atoms with Crippen LogP contribution < -0.4 is 16.8 Å². The van der Waals surface area contributed by atoms with Crippen molar-refractivity contribution >= 4 is 11.6 Å². The maximum Gasteiger partial charge on any atom is 0.276 e. The fraction of sp³-hybridized carbons (Fsp3) is 0.571. The van der Waals surface area contributed by atoms with E-state index < -0.39 is 0 Å². The van der Waals surface area contributed by atoms with Crippen LogP contribution in [0.25, 0.3) is 0 Å². The summed E-state index contributed by atoms with van der Waals surface area (Å²) in [5, 5.41) is 3.07. The van der Waals surface area contributed by atoms with Gasteiger partial charge >= 0.3 is 0 Å². The number of nitrogens with zero attached hydrogens (tertiary/aromatic N) is 2. The molecule has 0 aromatic carbocycles. The van der Waals surface area contributed by atoms with Crippen molar-refractivity contribution in [3.05, 3.63) is 59.7 Å². The Balaban J connectivity index is 1.43. The summed E-state index contributed by atoms with van der Waals surface area (Å²) < 4.78 is 0. The molecule has 1 atom stereocenters. The minimum Gasteiger partial charge on any atom is -0.397 e. The van der Waals surface area contributed by atoms with Crippen LogP contribution in [-0.4, -0.2) is 34.9 Å². The van der Waals surface area contributed by atoms with Crippen LogP contribution >= 0.6 is 0 Å². The highest BCUT2D eigenvalue weighted by molar-refractivity contribution is 5.98. The average molecular weight is 462 g/mol. The SMILES string of the molecule is C=C/C(NC(=O)c1nc(C23CC4CC(CC(C4)C2)C3)ccc1N)=C(\C=C/C)N1CCC[C@H](N)C1. The summed E-state index contributed by atoms with van der Waals surface area (Å²) in [5.74, 6) is 2.18. The van der Waals surface area contributed by atoms with Crippen molar-refractivity contribution in [2.24, 2.45) is 23.5 Å². The molecule has 34 heavy (non-hydrogen) atoms. The third-order valence-corrected chi connectivity index (χ3v) is 8.57. The number of nitrogen functional groups attached to an aromatic ring is 1. The highest BCUT2D eigenvalue weighted by atomic mass is 16.1. The normalized spacial score (nSPS) is 33.2. The van der Waals surface area contributed by atoms with Gasteiger partial charge in [-0.2, -0.15) is 0 Å². The zero-order chi connectivity index (χ0) is 23.9. The number of allylic oxidation sites excluding steroid dienone is 3. The van der Waals surface area contributed by atoms with Gasteiger partial charge in [0, 0.05) is 30.2 Å². The first-order chi connectivity index (χ1) is 16.4. The molecule has 6 rings (SSSR count). The summed E-state index contributed by atoms with van der Waals surface area (Å²) in [4.78, 5) is 20.6. The fourth-order valence-corrected chi connectivity index (χ4v) is 7.52. The first kappa shape index (κ1) is 23.2. The topological polar surface area (TPSA) is 97.3 Å². The molecule has 0 unspecified atom stereocenters. The van der Waals surface area contributed by atoms with Crippen molar-refractivity contribution in [3.8, 4) is 0 Å². The van der Waals surface area contributed by atoms with Gasteiger partial charge in [0.15, 0.2) is 5.69 Å². The molecule has 4 bridgehead atoms. The molecule has 1 aliphatic heterocycles. The molecule has 4 aliphatic carbocycles. The van der Waals surface area contributed by atoms with E-state index in [1.54, 1.807) is 6.08 Å². The molecule has 1 amide bonds. The Kier molecular flexibility index (Phi) is 6.28. The summed E-state index contributed by atoms with van der Waals surface area (Å²) in [6, 6.07) is 4.08. The van der Waals surface area contributed by atoms with Gasteiger partial charge in [0.05, 0.1) is 17.1 Å². The van der Waals surface area contributed by atoms with E-state index in [0.29, 0.717) is 17.1 Å². The quantitative estimate of drug-likeness (QED) is 0.550. The second-order valence-corrected chi connectivity index (χ2v) is 11.1. The first-order valence-corrected chi connectivity index (χ1v) is 13.0. The van der Waals surface area contributed by atoms with Gasteiger partial charge in [0.25, 0.3) is 5.91 Å². The number of pyridine rings is 1. The summed E-state index contributed by atoms with van der Waals surface area (Å²) >= 11 is 0. The number of hydrogen-bond donors (Lipinski definition) is 3. The van der Waals surface area contributed by atoms with Crippen molar-refractivity contribution in [2.75, 3.05) is 18.8 Å². The zero-order valence-corrected chi connectivity index (χ0v) is 20.4. The van der Waals surface area contributed by atoms with E-state index in [0.717, 1.165) is 55.1 Å². The van der Waals surface area contributed by atoms with Gasteiger partial charge in [0.2, 0.25) is 0 Å². The van der Waals surface area contributed by atoms with Crippen LogP contribution in [-0.2, 0) is 5.41 Å². The number of carbonyl (C=O) groups excluding carboxylic acids is 1. The molecule has 2 heterocycles. The molecule has 4 saturated carbocycles. The van der Waals surface area contributed by atoms with Crippen LogP contribution in [0.5, 0.6) is 0 Å². The Bertz CT molecular complexity index is 990. The number of nitrogens with two attached hydrogens (primary N) is 2. The molecule has 5 N–H and O–H groups in total. The number of amides is 1. The van der Waals surface area contributed by atoms with E-state index in [2.05, 4.69) is 22.9 Å². The lowest BCUT2D eigenvalue weighted by Crippen LogP contribution is -2.49. The van der Waals surface area contributed by atoms with Crippen LogP contribution in [0.15, 0.2) is 48.3 Å². The molecular weight excluding hydrogens is 422 g/mol. The Labute approximate surface area is 203 Å². The van der Waals surface area contributed by atoms with Crippen molar-refractivity contribution in [2.45, 2.75) is 69.7 Å². The summed E-state index contributed by atoms with van der Waals surface area (Å²) in [5.41, 5.74) is 16.0. The maximum absolute atomic E-state index is 13.5. The highest BCUT2D eigenvalue weighted by Gasteiger charge is 2.52. The van der Waals surface area contributed by atoms with Crippen LogP contribution in [0.3, 0.4) is 0 Å². The molecule has 6 nitrogen and oxygen atoms in total. The van der Waals surface area contributed by atoms with Crippen LogP contribution in [0.1, 0.15) is 74.5 Å². The van der Waals surface area contributed by atoms with Crippen LogP contribution in [0.2, 0.25) is 0 Å². The molecule has 0 radical (unpaired) electrons. The van der Waals surface area contributed by atoms with E-state index >= 15 is 0 Å². The standard InChI is InChI=1S/C28H39N5O/c1-3-6-24(33-10-5-7-21(29)17-33)23(4-2)31-27(34)26-22(30)8-9-25(32-26)28-14-18-11-19(15-28)13-20(12-18)16-28/h3-4,6,8-9,18-21H,2,5,7,10-17,29-30H2,1H3,(H,31,34)/b6-3-,24-23-/t18?,19?,20?,21-,28?/m0/s1. The first-order valence-electron chi connectivity index (χ1n) is 13.0. The largest absolute Gasteiger partial charge is 0.397 e. The van der Waals surface area contributed by atoms with Crippen LogP contribution in [0.4, 0.5) is 5.69 Å². The number of nitrogens with one attached hydrogen (secondary N) is 1. The molecule has 0 spiro atoms. The van der Waals surface area contributed by atoms with E-state index in [1.807, 2.05) is 25.1 Å². The summed E-state index contributed by atoms with van der Waals surface area (Å²) in [6.45, 7) is 7.61. The van der Waals surface area contributed by atoms with E-state index in [-0.39, 0.29) is 17.4 Å². The fourth-order valence-electron chi connectivity index (χ4n) is 7.52. The smallest absolute Gasteiger partial charge is 0.276 e. The Morgan fingerprint density at radius 1 is 1.21 bits per heavy atom. The Morgan fingerprint density at radius 2 is 1.88 bits per heavy atom. The molecule has 182 valence electrons. The second-order valence-electron chi connectivity index (χ2n) is 11.1. The van der Waals surface area contributed by atoms with Gasteiger partial charge < -0.3 is 21.7 Å². The number of carbonyl (C=O) groups is 1. The predicted molar refractivity (Wildman–Crippen MR) is 137 cm³/mol. The Morgan fingerprint density at radius 3 is 2.47 bits per heavy atom. The number of rotatable bonds is 6. The van der Waals surface area contributed by atoms with Crippen molar-refractivity contribution in [1.82, 2.24) is 15.2 Å². The number of piperidine rings is 1. The second kappa shape index (κ2) is 9.21. The van der Waals surface area contributed by atoms with Gasteiger partial charge in [0.1, 0.15) is 0 Å². The number of likely N-dealkylation sites (tertiary alicyclic amines) is 1. The minimum absolute atomic E-state index is 0.120. The van der Waals surface area contributed by atoms with Crippen molar-refractivity contribution in [1.29, 1.82) is 0 Å². The molecule has 6 heteroatoms. The van der Waals surface area contributed by atoms with Crippen LogP contribution in [0, 0.1) is 17.8 Å². The number of hydrogen-bond acceptors (Lipinski definition) is 5. The molecule has 1 aromatic rings. The third kappa shape index (κ3) is 4.28. The van der Waals surface area contributed by atoms with Gasteiger partial charge in [-0.25, -0.2) is 4.98 Å². The molecule has 5 fully saturated rings. The minimum atomic E-state index is -0.276. The number of aromatic nitrogens is 1. The van der Waals surface area contributed by atoms with Gasteiger partial charge in [-0.15, -0.1) is 0 Å². The molecule has 5 aliphatic rings. The number of anilines is 1. The Hall–Kier alpha value is -2.60. The molecular formula is C28H39N5O. The maximum atomic E-state index is 13.5. The lowest BCUT2D eigenvalue weighted by Gasteiger charge is -2.56. The summed E-state index contributed by atoms with van der Waals surface area (Å²) in [7, 11) is 0. The zero-order valence-electron chi connectivity index (χ0n) is 20.4. The highest BCUT2D eigenvalue weighted by Crippen LogP contribution is 2.60. The van der Waals surface area contributed by atoms with Gasteiger partial charge in [-0.3, -0.25) is 4.79 Å². The lowest BCUT2D eigenvalue weighted by atomic mass is 9.49. The molecule has 1 saturated heterocycles. The monoisotopic (exact) mass is 461 g/mol. The lowest BCUT2D eigenvalue weighted by molar-refractivity contribution is -0.00723. The van der Waals surface area contributed by atoms with Crippen molar-refractivity contribution < 1.29 is 4.79 Å². The molecule has 1 aromatic heterocycles. The predicted octanol–water partition coefficient (Wildman–Crippen LogP) is 4.26. The average Bonchev–Trinajstić information content (AvgIpc) is 2.80. The van der Waals surface area contributed by atoms with E-state index in [4.69, 9.17) is 16.5 Å². The van der Waals surface area contributed by atoms with Gasteiger partial charge in [-0.05, 0) is 100 Å². The van der Waals surface area contributed by atoms with Gasteiger partial charge in [-0.1, -0.05) is 12.7 Å². The summed E-state index contributed by atoms with van der Waals surface area (Å²) in [6.07, 6.45) is 15.5. The van der Waals surface area contributed by atoms with E-state index in [1.165, 1.54) is 38.5 Å².